The Kier molecular flexibility index (Phi) is 15.5. The monoisotopic (exact) mass is 447 g/mol. The van der Waals surface area contributed by atoms with Crippen LogP contribution in [-0.2, 0) is 9.47 Å². The third kappa shape index (κ3) is 14.2. The van der Waals surface area contributed by atoms with Crippen molar-refractivity contribution in [3.05, 3.63) is 29.6 Å². The Morgan fingerprint density at radius 3 is 1.62 bits per heavy atom. The van der Waals surface area contributed by atoms with Crippen LogP contribution in [0.2, 0.25) is 0 Å². The zero-order valence-corrected chi connectivity index (χ0v) is 20.9. The molecule has 0 spiro atoms. The molecule has 0 aliphatic heterocycles. The second-order valence-electron chi connectivity index (χ2n) is 9.60. The van der Waals surface area contributed by atoms with Crippen molar-refractivity contribution in [2.45, 2.75) is 105 Å². The highest BCUT2D eigenvalue weighted by atomic mass is 16.5. The molecule has 0 radical (unpaired) electrons. The van der Waals surface area contributed by atoms with Crippen LogP contribution >= 0.6 is 0 Å². The van der Waals surface area contributed by atoms with Crippen molar-refractivity contribution in [1.82, 2.24) is 4.98 Å². The summed E-state index contributed by atoms with van der Waals surface area (Å²) in [5.41, 5.74) is 0.583. The van der Waals surface area contributed by atoms with E-state index in [1.807, 2.05) is 0 Å². The largest absolute Gasteiger partial charge is 0.462 e. The minimum atomic E-state index is -0.442. The molecule has 1 heterocycles. The van der Waals surface area contributed by atoms with Crippen LogP contribution in [0, 0.1) is 11.8 Å². The molecule has 32 heavy (non-hydrogen) atoms. The van der Waals surface area contributed by atoms with Crippen LogP contribution in [0.15, 0.2) is 18.3 Å². The van der Waals surface area contributed by atoms with Gasteiger partial charge in [0.25, 0.3) is 0 Å². The molecular weight excluding hydrogens is 402 g/mol. The lowest BCUT2D eigenvalue weighted by Crippen LogP contribution is -2.11. The third-order valence-electron chi connectivity index (χ3n) is 5.53. The topological polar surface area (TPSA) is 65.5 Å². The number of unbranched alkanes of at least 4 members (excludes halogenated alkanes) is 8. The van der Waals surface area contributed by atoms with Crippen LogP contribution in [0.4, 0.5) is 0 Å². The summed E-state index contributed by atoms with van der Waals surface area (Å²) < 4.78 is 10.6. The Hall–Kier alpha value is -1.91. The van der Waals surface area contributed by atoms with Gasteiger partial charge in [-0.05, 0) is 36.8 Å². The number of nitrogens with zero attached hydrogens (tertiary/aromatic N) is 1. The van der Waals surface area contributed by atoms with Gasteiger partial charge in [-0.1, -0.05) is 91.9 Å². The van der Waals surface area contributed by atoms with Crippen LogP contribution in [-0.4, -0.2) is 30.1 Å². The molecule has 0 saturated heterocycles. The standard InChI is InChI=1S/C27H45NO4/c1-22(2)15-11-7-5-9-13-19-31-26(29)24-17-18-25(28-21-24)27(30)32-20-14-10-6-8-12-16-23(3)4/h17-18,21-23H,5-16,19-20H2,1-4H3. The highest BCUT2D eigenvalue weighted by Crippen LogP contribution is 2.12. The second-order valence-corrected chi connectivity index (χ2v) is 9.60. The van der Waals surface area contributed by atoms with Gasteiger partial charge in [-0.15, -0.1) is 0 Å². The van der Waals surface area contributed by atoms with E-state index >= 15 is 0 Å². The van der Waals surface area contributed by atoms with Crippen molar-refractivity contribution in [3.8, 4) is 0 Å². The molecule has 0 amide bonds. The summed E-state index contributed by atoms with van der Waals surface area (Å²) in [6, 6.07) is 3.10. The first kappa shape index (κ1) is 28.1. The summed E-state index contributed by atoms with van der Waals surface area (Å²) in [5.74, 6) is 0.704. The molecule has 1 aromatic rings. The molecule has 182 valence electrons. The van der Waals surface area contributed by atoms with E-state index in [2.05, 4.69) is 32.7 Å². The molecule has 0 unspecified atom stereocenters. The summed E-state index contributed by atoms with van der Waals surface area (Å²) >= 11 is 0. The minimum Gasteiger partial charge on any atom is -0.462 e. The van der Waals surface area contributed by atoms with Gasteiger partial charge in [-0.25, -0.2) is 14.6 Å². The molecule has 1 rings (SSSR count). The number of hydrogen-bond donors (Lipinski definition) is 0. The summed E-state index contributed by atoms with van der Waals surface area (Å²) in [6.45, 7) is 9.83. The number of carbonyl (C=O) groups is 2. The lowest BCUT2D eigenvalue weighted by molar-refractivity contribution is 0.0477. The molecule has 0 aliphatic rings. The highest BCUT2D eigenvalue weighted by Gasteiger charge is 2.12. The SMILES string of the molecule is CC(C)CCCCCCCOC(=O)c1ccc(C(=O)OCCCCCCCC(C)C)nc1. The van der Waals surface area contributed by atoms with Crippen LogP contribution in [0.5, 0.6) is 0 Å². The van der Waals surface area contributed by atoms with Crippen molar-refractivity contribution < 1.29 is 19.1 Å². The Morgan fingerprint density at radius 2 is 1.16 bits per heavy atom. The fraction of sp³-hybridized carbons (Fsp3) is 0.741. The van der Waals surface area contributed by atoms with Crippen molar-refractivity contribution in [2.75, 3.05) is 13.2 Å². The molecule has 5 heteroatoms. The number of pyridine rings is 1. The molecule has 0 aliphatic carbocycles. The molecule has 0 bridgehead atoms. The van der Waals surface area contributed by atoms with E-state index in [-0.39, 0.29) is 5.69 Å². The number of hydrogen-bond acceptors (Lipinski definition) is 5. The number of rotatable bonds is 18. The van der Waals surface area contributed by atoms with Gasteiger partial charge in [0.15, 0.2) is 0 Å². The van der Waals surface area contributed by atoms with Crippen LogP contribution in [0.1, 0.15) is 126 Å². The molecule has 0 N–H and O–H groups in total. The molecule has 0 saturated carbocycles. The second kappa shape index (κ2) is 17.6. The summed E-state index contributed by atoms with van der Waals surface area (Å²) in [7, 11) is 0. The zero-order valence-electron chi connectivity index (χ0n) is 20.9. The van der Waals surface area contributed by atoms with Gasteiger partial charge in [-0.3, -0.25) is 0 Å². The number of ether oxygens (including phenoxy) is 2. The molecule has 5 nitrogen and oxygen atoms in total. The van der Waals surface area contributed by atoms with E-state index < -0.39 is 11.9 Å². The molecule has 0 fully saturated rings. The van der Waals surface area contributed by atoms with Gasteiger partial charge in [0.2, 0.25) is 0 Å². The predicted octanol–water partition coefficient (Wildman–Crippen LogP) is 7.39. The minimum absolute atomic E-state index is 0.222. The number of esters is 2. The normalized spacial score (nSPS) is 11.2. The van der Waals surface area contributed by atoms with Gasteiger partial charge in [0.1, 0.15) is 5.69 Å². The maximum atomic E-state index is 12.1. The van der Waals surface area contributed by atoms with Gasteiger partial charge in [0.05, 0.1) is 18.8 Å². The fourth-order valence-electron chi connectivity index (χ4n) is 3.49. The summed E-state index contributed by atoms with van der Waals surface area (Å²) in [6.07, 6.45) is 15.2. The van der Waals surface area contributed by atoms with Crippen LogP contribution in [0.3, 0.4) is 0 Å². The van der Waals surface area contributed by atoms with E-state index in [1.54, 1.807) is 6.07 Å². The highest BCUT2D eigenvalue weighted by molar-refractivity contribution is 5.91. The lowest BCUT2D eigenvalue weighted by Gasteiger charge is -2.07. The average Bonchev–Trinajstić information content (AvgIpc) is 2.76. The molecular formula is C27H45NO4. The van der Waals surface area contributed by atoms with Crippen molar-refractivity contribution in [2.24, 2.45) is 11.8 Å². The first-order valence-electron chi connectivity index (χ1n) is 12.7. The smallest absolute Gasteiger partial charge is 0.356 e. The summed E-state index contributed by atoms with van der Waals surface area (Å²) in [4.78, 5) is 28.3. The Labute approximate surface area is 195 Å². The van der Waals surface area contributed by atoms with E-state index in [1.165, 1.54) is 63.6 Å². The van der Waals surface area contributed by atoms with Gasteiger partial charge in [0, 0.05) is 6.20 Å². The Balaban J connectivity index is 2.14. The molecule has 0 atom stereocenters. The van der Waals surface area contributed by atoms with Crippen LogP contribution < -0.4 is 0 Å². The number of carbonyl (C=O) groups excluding carboxylic acids is 2. The average molecular weight is 448 g/mol. The fourth-order valence-corrected chi connectivity index (χ4v) is 3.49. The maximum Gasteiger partial charge on any atom is 0.356 e. The van der Waals surface area contributed by atoms with Crippen molar-refractivity contribution >= 4 is 11.9 Å². The van der Waals surface area contributed by atoms with Gasteiger partial charge < -0.3 is 9.47 Å². The first-order chi connectivity index (χ1) is 15.4. The van der Waals surface area contributed by atoms with Gasteiger partial charge in [-0.2, -0.15) is 0 Å². The number of aromatic nitrogens is 1. The lowest BCUT2D eigenvalue weighted by atomic mass is 10.0. The van der Waals surface area contributed by atoms with E-state index in [4.69, 9.17) is 9.47 Å². The molecule has 0 aromatic carbocycles. The Bertz CT molecular complexity index is 570. The van der Waals surface area contributed by atoms with E-state index in [0.717, 1.165) is 37.5 Å². The van der Waals surface area contributed by atoms with E-state index in [9.17, 15) is 9.59 Å². The Morgan fingerprint density at radius 1 is 0.688 bits per heavy atom. The maximum absolute atomic E-state index is 12.1. The first-order valence-corrected chi connectivity index (χ1v) is 12.7. The third-order valence-corrected chi connectivity index (χ3v) is 5.53. The van der Waals surface area contributed by atoms with Crippen LogP contribution in [0.25, 0.3) is 0 Å². The summed E-state index contributed by atoms with van der Waals surface area (Å²) in [5, 5.41) is 0. The quantitative estimate of drug-likeness (QED) is 0.173. The zero-order chi connectivity index (χ0) is 23.6. The van der Waals surface area contributed by atoms with Gasteiger partial charge >= 0.3 is 11.9 Å². The molecule has 1 aromatic heterocycles. The van der Waals surface area contributed by atoms with Crippen molar-refractivity contribution in [3.63, 3.8) is 0 Å². The predicted molar refractivity (Wildman–Crippen MR) is 130 cm³/mol. The van der Waals surface area contributed by atoms with E-state index in [0.29, 0.717) is 18.8 Å². The van der Waals surface area contributed by atoms with Crippen molar-refractivity contribution in [1.29, 1.82) is 0 Å².